The van der Waals surface area contributed by atoms with Gasteiger partial charge >= 0.3 is 0 Å². The molecule has 1 amide bonds. The van der Waals surface area contributed by atoms with Crippen molar-refractivity contribution in [2.45, 2.75) is 11.3 Å². The number of likely N-dealkylation sites (N-methyl/N-ethyl adjacent to an activating group) is 1. The molecule has 0 N–H and O–H groups in total. The minimum absolute atomic E-state index is 0.0299. The molecule has 1 saturated heterocycles. The van der Waals surface area contributed by atoms with Crippen molar-refractivity contribution in [3.8, 4) is 6.07 Å². The van der Waals surface area contributed by atoms with Crippen LogP contribution >= 0.6 is 0 Å². The van der Waals surface area contributed by atoms with Crippen LogP contribution in [0.25, 0.3) is 0 Å². The number of carbonyl (C=O) groups excluding carboxylic acids is 1. The molecule has 2 aliphatic heterocycles. The lowest BCUT2D eigenvalue weighted by Gasteiger charge is -2.35. The molecule has 2 aromatic carbocycles. The van der Waals surface area contributed by atoms with E-state index in [1.807, 2.05) is 18.2 Å². The number of nitriles is 1. The second-order valence-electron chi connectivity index (χ2n) is 6.97. The molecule has 2 heterocycles. The summed E-state index contributed by atoms with van der Waals surface area (Å²) in [4.78, 5) is 15.7. The van der Waals surface area contributed by atoms with E-state index in [0.29, 0.717) is 31.7 Å². The summed E-state index contributed by atoms with van der Waals surface area (Å²) in [5.74, 6) is -0.0299. The van der Waals surface area contributed by atoms with E-state index in [4.69, 9.17) is 5.26 Å². The molecule has 1 fully saturated rings. The summed E-state index contributed by atoms with van der Waals surface area (Å²) in [5, 5.41) is 9.05. The van der Waals surface area contributed by atoms with E-state index >= 15 is 0 Å². The molecule has 28 heavy (non-hydrogen) atoms. The first kappa shape index (κ1) is 18.5. The van der Waals surface area contributed by atoms with Gasteiger partial charge < -0.3 is 9.80 Å². The summed E-state index contributed by atoms with van der Waals surface area (Å²) in [6.45, 7) is 1.85. The van der Waals surface area contributed by atoms with Crippen LogP contribution in [0.15, 0.2) is 47.4 Å². The van der Waals surface area contributed by atoms with Crippen LogP contribution in [-0.4, -0.2) is 51.9 Å². The number of fused-ring (bicyclic) bond motifs is 1. The number of hydrogen-bond acceptors (Lipinski definition) is 5. The molecule has 0 atom stereocenters. The van der Waals surface area contributed by atoms with Gasteiger partial charge in [0.2, 0.25) is 15.9 Å². The lowest BCUT2D eigenvalue weighted by molar-refractivity contribution is -0.117. The summed E-state index contributed by atoms with van der Waals surface area (Å²) in [5.41, 5.74) is 3.03. The number of carbonyl (C=O) groups is 1. The summed E-state index contributed by atoms with van der Waals surface area (Å²) >= 11 is 0. The Morgan fingerprint density at radius 2 is 1.79 bits per heavy atom. The number of anilines is 2. The minimum Gasteiger partial charge on any atom is -0.369 e. The van der Waals surface area contributed by atoms with Gasteiger partial charge in [-0.15, -0.1) is 0 Å². The van der Waals surface area contributed by atoms with Gasteiger partial charge in [-0.2, -0.15) is 9.57 Å². The van der Waals surface area contributed by atoms with Gasteiger partial charge in [-0.25, -0.2) is 8.42 Å². The van der Waals surface area contributed by atoms with Gasteiger partial charge in [0.25, 0.3) is 0 Å². The largest absolute Gasteiger partial charge is 0.369 e. The molecule has 0 spiro atoms. The SMILES string of the molecule is CN1C(=O)Cc2cc(S(=O)(=O)N3CCN(c4cccc(C#N)c4)CC3)ccc21. The van der Waals surface area contributed by atoms with Gasteiger partial charge in [-0.1, -0.05) is 6.07 Å². The fourth-order valence-corrected chi connectivity index (χ4v) is 5.19. The van der Waals surface area contributed by atoms with Crippen molar-refractivity contribution in [3.63, 3.8) is 0 Å². The third kappa shape index (κ3) is 3.13. The van der Waals surface area contributed by atoms with Crippen LogP contribution in [0, 0.1) is 11.3 Å². The second kappa shape index (κ2) is 6.93. The maximum atomic E-state index is 13.1. The first-order chi connectivity index (χ1) is 13.4. The van der Waals surface area contributed by atoms with Crippen molar-refractivity contribution in [1.82, 2.24) is 4.31 Å². The Bertz CT molecular complexity index is 1080. The zero-order chi connectivity index (χ0) is 19.9. The summed E-state index contributed by atoms with van der Waals surface area (Å²) in [6.07, 6.45) is 0.234. The molecule has 0 saturated carbocycles. The van der Waals surface area contributed by atoms with Crippen LogP contribution in [0.2, 0.25) is 0 Å². The van der Waals surface area contributed by atoms with E-state index in [-0.39, 0.29) is 17.2 Å². The van der Waals surface area contributed by atoms with Gasteiger partial charge in [-0.3, -0.25) is 4.79 Å². The molecule has 7 nitrogen and oxygen atoms in total. The lowest BCUT2D eigenvalue weighted by atomic mass is 10.2. The molecule has 0 unspecified atom stereocenters. The number of sulfonamides is 1. The molecule has 4 rings (SSSR count). The Labute approximate surface area is 164 Å². The average molecular weight is 396 g/mol. The standard InChI is InChI=1S/C20H20N4O3S/c1-22-19-6-5-18(12-16(19)13-20(22)25)28(26,27)24-9-7-23(8-10-24)17-4-2-3-15(11-17)14-21/h2-6,11-12H,7-10,13H2,1H3. The highest BCUT2D eigenvalue weighted by atomic mass is 32.2. The molecule has 2 aliphatic rings. The third-order valence-electron chi connectivity index (χ3n) is 5.34. The van der Waals surface area contributed by atoms with Gasteiger partial charge in [0, 0.05) is 44.6 Å². The van der Waals surface area contributed by atoms with E-state index < -0.39 is 10.0 Å². The molecule has 8 heteroatoms. The zero-order valence-electron chi connectivity index (χ0n) is 15.5. The van der Waals surface area contributed by atoms with Crippen LogP contribution in [0.5, 0.6) is 0 Å². The number of benzene rings is 2. The van der Waals surface area contributed by atoms with Gasteiger partial charge in [0.15, 0.2) is 0 Å². The van der Waals surface area contributed by atoms with Gasteiger partial charge in [0.1, 0.15) is 0 Å². The van der Waals surface area contributed by atoms with Crippen molar-refractivity contribution >= 4 is 27.3 Å². The van der Waals surface area contributed by atoms with Crippen molar-refractivity contribution in [3.05, 3.63) is 53.6 Å². The van der Waals surface area contributed by atoms with Crippen LogP contribution < -0.4 is 9.80 Å². The van der Waals surface area contributed by atoms with Crippen LogP contribution in [-0.2, 0) is 21.2 Å². The van der Waals surface area contributed by atoms with E-state index in [1.54, 1.807) is 36.2 Å². The van der Waals surface area contributed by atoms with E-state index in [1.165, 1.54) is 4.31 Å². The molecule has 0 bridgehead atoms. The van der Waals surface area contributed by atoms with E-state index in [0.717, 1.165) is 16.9 Å². The maximum Gasteiger partial charge on any atom is 0.243 e. The van der Waals surface area contributed by atoms with E-state index in [2.05, 4.69) is 11.0 Å². The maximum absolute atomic E-state index is 13.1. The Kier molecular flexibility index (Phi) is 4.57. The van der Waals surface area contributed by atoms with Crippen LogP contribution in [0.4, 0.5) is 11.4 Å². The first-order valence-electron chi connectivity index (χ1n) is 9.05. The van der Waals surface area contributed by atoms with Crippen LogP contribution in [0.1, 0.15) is 11.1 Å². The van der Waals surface area contributed by atoms with Crippen molar-refractivity contribution < 1.29 is 13.2 Å². The number of rotatable bonds is 3. The monoisotopic (exact) mass is 396 g/mol. The van der Waals surface area contributed by atoms with Gasteiger partial charge in [-0.05, 0) is 42.0 Å². The minimum atomic E-state index is -3.61. The molecule has 0 aromatic heterocycles. The third-order valence-corrected chi connectivity index (χ3v) is 7.24. The van der Waals surface area contributed by atoms with Crippen LogP contribution in [0.3, 0.4) is 0 Å². The highest BCUT2D eigenvalue weighted by molar-refractivity contribution is 7.89. The Hall–Kier alpha value is -2.89. The predicted octanol–water partition coefficient (Wildman–Crippen LogP) is 1.59. The fraction of sp³-hybridized carbons (Fsp3) is 0.300. The summed E-state index contributed by atoms with van der Waals surface area (Å²) in [7, 11) is -1.92. The van der Waals surface area contributed by atoms with Crippen molar-refractivity contribution in [2.75, 3.05) is 43.0 Å². The first-order valence-corrected chi connectivity index (χ1v) is 10.5. The average Bonchev–Trinajstić information content (AvgIpc) is 3.01. The van der Waals surface area contributed by atoms with Crippen molar-refractivity contribution in [1.29, 1.82) is 5.26 Å². The molecule has 144 valence electrons. The number of nitrogens with zero attached hydrogens (tertiary/aromatic N) is 4. The summed E-state index contributed by atoms with van der Waals surface area (Å²) in [6, 6.07) is 14.4. The molecular weight excluding hydrogens is 376 g/mol. The molecule has 0 radical (unpaired) electrons. The topological polar surface area (TPSA) is 84.7 Å². The fourth-order valence-electron chi connectivity index (χ4n) is 3.71. The van der Waals surface area contributed by atoms with E-state index in [9.17, 15) is 13.2 Å². The molecular formula is C20H20N4O3S. The zero-order valence-corrected chi connectivity index (χ0v) is 16.3. The quantitative estimate of drug-likeness (QED) is 0.787. The number of hydrogen-bond donors (Lipinski definition) is 0. The lowest BCUT2D eigenvalue weighted by Crippen LogP contribution is -2.48. The number of amides is 1. The molecule has 0 aliphatic carbocycles. The Morgan fingerprint density at radius 3 is 2.50 bits per heavy atom. The normalized spacial score (nSPS) is 17.5. The Morgan fingerprint density at radius 1 is 1.04 bits per heavy atom. The highest BCUT2D eigenvalue weighted by Gasteiger charge is 2.31. The highest BCUT2D eigenvalue weighted by Crippen LogP contribution is 2.31. The number of piperazine rings is 1. The molecule has 2 aromatic rings. The predicted molar refractivity (Wildman–Crippen MR) is 106 cm³/mol. The van der Waals surface area contributed by atoms with Crippen molar-refractivity contribution in [2.24, 2.45) is 0 Å². The summed E-state index contributed by atoms with van der Waals surface area (Å²) < 4.78 is 27.6. The van der Waals surface area contributed by atoms with Gasteiger partial charge in [0.05, 0.1) is 22.9 Å². The second-order valence-corrected chi connectivity index (χ2v) is 8.91. The Balaban J connectivity index is 1.51. The smallest absolute Gasteiger partial charge is 0.243 e.